The molecule has 0 radical (unpaired) electrons. The highest BCUT2D eigenvalue weighted by molar-refractivity contribution is 6.05. The molecule has 2 aromatic rings. The highest BCUT2D eigenvalue weighted by Crippen LogP contribution is 2.39. The van der Waals surface area contributed by atoms with Gasteiger partial charge in [-0.3, -0.25) is 4.79 Å². The van der Waals surface area contributed by atoms with E-state index in [0.29, 0.717) is 11.3 Å². The Balaban J connectivity index is 1.74. The summed E-state index contributed by atoms with van der Waals surface area (Å²) >= 11 is 0. The normalized spacial score (nSPS) is 15.4. The Labute approximate surface area is 192 Å². The van der Waals surface area contributed by atoms with E-state index in [9.17, 15) is 9.90 Å². The lowest BCUT2D eigenvalue weighted by molar-refractivity contribution is 0.104. The second kappa shape index (κ2) is 8.89. The van der Waals surface area contributed by atoms with E-state index in [-0.39, 0.29) is 16.6 Å². The molecule has 3 rings (SSSR count). The second-order valence-corrected chi connectivity index (χ2v) is 10.7. The highest BCUT2D eigenvalue weighted by Gasteiger charge is 2.27. The molecule has 0 amide bonds. The van der Waals surface area contributed by atoms with E-state index in [1.54, 1.807) is 6.08 Å². The van der Waals surface area contributed by atoms with Crippen LogP contribution in [0.3, 0.4) is 0 Å². The molecular weight excluding hydrogens is 398 g/mol. The predicted molar refractivity (Wildman–Crippen MR) is 134 cm³/mol. The minimum Gasteiger partial charge on any atom is -0.507 e. The number of aromatic hydroxyl groups is 1. The highest BCUT2D eigenvalue weighted by atomic mass is 16.3. The molecule has 172 valence electrons. The fraction of sp³-hybridized carbons (Fsp3) is 0.444. The number of benzene rings is 2. The van der Waals surface area contributed by atoms with E-state index in [0.717, 1.165) is 43.0 Å². The van der Waals surface area contributed by atoms with Crippen LogP contribution in [0.1, 0.15) is 63.0 Å². The zero-order chi connectivity index (χ0) is 23.7. The fourth-order valence-electron chi connectivity index (χ4n) is 4.00. The number of piperazine rings is 1. The van der Waals surface area contributed by atoms with Crippen LogP contribution >= 0.6 is 0 Å². The number of allylic oxidation sites excluding steroid dienone is 1. The maximum absolute atomic E-state index is 13.1. The topological polar surface area (TPSA) is 69.8 Å². The van der Waals surface area contributed by atoms with Gasteiger partial charge in [0.05, 0.1) is 0 Å². The molecule has 0 saturated carbocycles. The first-order chi connectivity index (χ1) is 14.9. The van der Waals surface area contributed by atoms with Crippen LogP contribution in [0.4, 0.5) is 11.4 Å². The Morgan fingerprint density at radius 1 is 0.906 bits per heavy atom. The van der Waals surface area contributed by atoms with Gasteiger partial charge in [0.15, 0.2) is 5.78 Å². The summed E-state index contributed by atoms with van der Waals surface area (Å²) in [5.74, 6) is 0.256. The molecule has 3 N–H and O–H groups in total. The SMILES string of the molecule is CC(C)(C)c1cc(C(=O)C=CN2CCN(c3ccc(N)cc3)CC2)cc(C(C)(C)C)c1O. The number of phenolic OH excluding ortho intramolecular Hbond substituents is 1. The summed E-state index contributed by atoms with van der Waals surface area (Å²) in [5.41, 5.74) is 9.44. The van der Waals surface area contributed by atoms with Crippen LogP contribution < -0.4 is 10.6 Å². The van der Waals surface area contributed by atoms with Crippen LogP contribution in [0.5, 0.6) is 5.75 Å². The Morgan fingerprint density at radius 3 is 1.88 bits per heavy atom. The van der Waals surface area contributed by atoms with Gasteiger partial charge >= 0.3 is 0 Å². The van der Waals surface area contributed by atoms with Crippen LogP contribution in [-0.4, -0.2) is 42.0 Å². The average Bonchev–Trinajstić information content (AvgIpc) is 2.71. The van der Waals surface area contributed by atoms with Crippen molar-refractivity contribution in [3.05, 3.63) is 65.4 Å². The zero-order valence-corrected chi connectivity index (χ0v) is 20.3. The lowest BCUT2D eigenvalue weighted by atomic mass is 9.78. The first-order valence-electron chi connectivity index (χ1n) is 11.3. The number of nitrogens with zero attached hydrogens (tertiary/aromatic N) is 2. The Hall–Kier alpha value is -2.95. The van der Waals surface area contributed by atoms with E-state index < -0.39 is 0 Å². The van der Waals surface area contributed by atoms with Crippen LogP contribution in [0.15, 0.2) is 48.7 Å². The molecule has 0 bridgehead atoms. The second-order valence-electron chi connectivity index (χ2n) is 10.7. The number of hydrogen-bond acceptors (Lipinski definition) is 5. The van der Waals surface area contributed by atoms with Crippen molar-refractivity contribution in [1.29, 1.82) is 0 Å². The van der Waals surface area contributed by atoms with Crippen LogP contribution in [0.2, 0.25) is 0 Å². The largest absolute Gasteiger partial charge is 0.507 e. The van der Waals surface area contributed by atoms with E-state index >= 15 is 0 Å². The van der Waals surface area contributed by atoms with Gasteiger partial charge in [-0.2, -0.15) is 0 Å². The molecule has 0 unspecified atom stereocenters. The maximum Gasteiger partial charge on any atom is 0.187 e. The number of rotatable bonds is 4. The lowest BCUT2D eigenvalue weighted by Crippen LogP contribution is -2.44. The lowest BCUT2D eigenvalue weighted by Gasteiger charge is -2.35. The van der Waals surface area contributed by atoms with Gasteiger partial charge in [0.2, 0.25) is 0 Å². The molecule has 32 heavy (non-hydrogen) atoms. The van der Waals surface area contributed by atoms with Crippen LogP contribution in [0.25, 0.3) is 0 Å². The fourth-order valence-corrected chi connectivity index (χ4v) is 4.00. The Bertz CT molecular complexity index is 952. The first kappa shape index (κ1) is 23.7. The summed E-state index contributed by atoms with van der Waals surface area (Å²) in [4.78, 5) is 17.6. The third-order valence-electron chi connectivity index (χ3n) is 6.02. The van der Waals surface area contributed by atoms with Crippen molar-refractivity contribution < 1.29 is 9.90 Å². The molecule has 1 aliphatic heterocycles. The maximum atomic E-state index is 13.1. The van der Waals surface area contributed by atoms with Gasteiger partial charge < -0.3 is 20.6 Å². The number of nitrogens with two attached hydrogens (primary N) is 1. The summed E-state index contributed by atoms with van der Waals surface area (Å²) < 4.78 is 0. The summed E-state index contributed by atoms with van der Waals surface area (Å²) in [6, 6.07) is 11.6. The number of carbonyl (C=O) groups excluding carboxylic acids is 1. The summed E-state index contributed by atoms with van der Waals surface area (Å²) in [5, 5.41) is 10.9. The summed E-state index contributed by atoms with van der Waals surface area (Å²) in [7, 11) is 0. The molecule has 1 fully saturated rings. The first-order valence-corrected chi connectivity index (χ1v) is 11.3. The molecule has 1 heterocycles. The van der Waals surface area contributed by atoms with Gasteiger partial charge in [-0.1, -0.05) is 41.5 Å². The Morgan fingerprint density at radius 2 is 1.41 bits per heavy atom. The standard InChI is InChI=1S/C27H37N3O2/c1-26(2,3)22-17-19(18-23(25(22)32)27(4,5)6)24(31)11-12-29-13-15-30(16-14-29)21-9-7-20(28)8-10-21/h7-12,17-18,32H,13-16,28H2,1-6H3. The van der Waals surface area contributed by atoms with Crippen LogP contribution in [0, 0.1) is 0 Å². The summed E-state index contributed by atoms with van der Waals surface area (Å²) in [6.45, 7) is 15.8. The minimum atomic E-state index is -0.261. The van der Waals surface area contributed by atoms with E-state index in [2.05, 4.69) is 63.5 Å². The molecule has 0 atom stereocenters. The van der Waals surface area contributed by atoms with Gasteiger partial charge in [-0.15, -0.1) is 0 Å². The van der Waals surface area contributed by atoms with Crippen molar-refractivity contribution in [2.24, 2.45) is 0 Å². The van der Waals surface area contributed by atoms with Gasteiger partial charge in [0.1, 0.15) is 5.75 Å². The third kappa shape index (κ3) is 5.45. The van der Waals surface area contributed by atoms with E-state index in [1.807, 2.05) is 30.5 Å². The number of carbonyl (C=O) groups is 1. The van der Waals surface area contributed by atoms with Crippen molar-refractivity contribution >= 4 is 17.2 Å². The van der Waals surface area contributed by atoms with Crippen LogP contribution in [-0.2, 0) is 10.8 Å². The van der Waals surface area contributed by atoms with E-state index in [1.165, 1.54) is 5.69 Å². The minimum absolute atomic E-state index is 0.0398. The number of nitrogen functional groups attached to an aromatic ring is 1. The molecule has 1 saturated heterocycles. The molecule has 0 aromatic heterocycles. The molecule has 0 aliphatic carbocycles. The molecule has 2 aromatic carbocycles. The molecule has 5 nitrogen and oxygen atoms in total. The molecule has 1 aliphatic rings. The average molecular weight is 436 g/mol. The van der Waals surface area contributed by atoms with Crippen molar-refractivity contribution in [2.75, 3.05) is 36.8 Å². The number of phenols is 1. The summed E-state index contributed by atoms with van der Waals surface area (Å²) in [6.07, 6.45) is 3.56. The third-order valence-corrected chi connectivity index (χ3v) is 6.02. The van der Waals surface area contributed by atoms with Gasteiger partial charge in [-0.05, 0) is 47.2 Å². The van der Waals surface area contributed by atoms with Gasteiger partial charge in [-0.25, -0.2) is 0 Å². The number of ketones is 1. The molecular formula is C27H37N3O2. The molecule has 5 heteroatoms. The smallest absolute Gasteiger partial charge is 0.187 e. The number of hydrogen-bond donors (Lipinski definition) is 2. The van der Waals surface area contributed by atoms with Crippen molar-refractivity contribution in [3.8, 4) is 5.75 Å². The van der Waals surface area contributed by atoms with Crippen molar-refractivity contribution in [2.45, 2.75) is 52.4 Å². The monoisotopic (exact) mass is 435 g/mol. The van der Waals surface area contributed by atoms with E-state index in [4.69, 9.17) is 5.73 Å². The number of anilines is 2. The zero-order valence-electron chi connectivity index (χ0n) is 20.3. The Kier molecular flexibility index (Phi) is 6.59. The quantitative estimate of drug-likeness (QED) is 0.398. The predicted octanol–water partition coefficient (Wildman–Crippen LogP) is 5.09. The van der Waals surface area contributed by atoms with Gasteiger partial charge in [0.25, 0.3) is 0 Å². The molecule has 0 spiro atoms. The van der Waals surface area contributed by atoms with Gasteiger partial charge in [0, 0.05) is 66.5 Å². The van der Waals surface area contributed by atoms with Crippen molar-refractivity contribution in [1.82, 2.24) is 4.90 Å². The van der Waals surface area contributed by atoms with Crippen molar-refractivity contribution in [3.63, 3.8) is 0 Å².